The molecule has 25 heavy (non-hydrogen) atoms. The average molecular weight is 381 g/mol. The van der Waals surface area contributed by atoms with Crippen molar-refractivity contribution in [2.24, 2.45) is 0 Å². The normalized spacial score (nSPS) is 13.9. The molecule has 0 aliphatic rings. The molecule has 0 atom stereocenters. The van der Waals surface area contributed by atoms with Gasteiger partial charge in [-0.05, 0) is 17.5 Å². The first kappa shape index (κ1) is 21.1. The summed E-state index contributed by atoms with van der Waals surface area (Å²) in [6.45, 7) is 3.10. The minimum atomic E-state index is -7.11. The van der Waals surface area contributed by atoms with Gasteiger partial charge in [0, 0.05) is 5.69 Å². The fraction of sp³-hybridized carbons (Fsp3) is 0.500. The summed E-state index contributed by atoms with van der Waals surface area (Å²) in [4.78, 5) is 11.4. The molecule has 1 N–H and O–H groups in total. The third-order valence-corrected chi connectivity index (χ3v) is 3.26. The molecule has 0 heterocycles. The summed E-state index contributed by atoms with van der Waals surface area (Å²) < 4.78 is 115. The molecule has 1 aromatic carbocycles. The van der Waals surface area contributed by atoms with Crippen LogP contribution in [-0.2, 0) is 4.79 Å². The van der Waals surface area contributed by atoms with Crippen LogP contribution in [0.4, 0.5) is 45.2 Å². The molecule has 1 amide bonds. The Hall–Kier alpha value is -1.94. The molecule has 0 spiro atoms. The monoisotopic (exact) mass is 381 g/mol. The Morgan fingerprint density at radius 2 is 1.36 bits per heavy atom. The molecule has 0 radical (unpaired) electrons. The lowest BCUT2D eigenvalue weighted by Gasteiger charge is -2.32. The smallest absolute Gasteiger partial charge is 0.320 e. The second-order valence-electron chi connectivity index (χ2n) is 5.42. The van der Waals surface area contributed by atoms with Gasteiger partial charge < -0.3 is 5.32 Å². The maximum absolute atomic E-state index is 13.5. The van der Waals surface area contributed by atoms with Gasteiger partial charge in [-0.3, -0.25) is 4.79 Å². The Bertz CT molecular complexity index is 637. The van der Waals surface area contributed by atoms with E-state index in [1.54, 1.807) is 13.8 Å². The molecule has 0 aliphatic carbocycles. The van der Waals surface area contributed by atoms with Gasteiger partial charge in [0.1, 0.15) is 0 Å². The van der Waals surface area contributed by atoms with Gasteiger partial charge in [-0.1, -0.05) is 32.0 Å². The maximum Gasteiger partial charge on any atom is 0.460 e. The van der Waals surface area contributed by atoms with Crippen LogP contribution in [0.5, 0.6) is 0 Å². The lowest BCUT2D eigenvalue weighted by molar-refractivity contribution is -0.388. The van der Waals surface area contributed by atoms with Gasteiger partial charge in [-0.25, -0.2) is 0 Å². The Labute approximate surface area is 136 Å². The number of benzene rings is 1. The summed E-state index contributed by atoms with van der Waals surface area (Å²) in [5.74, 6) is -23.8. The van der Waals surface area contributed by atoms with E-state index < -0.39 is 35.5 Å². The summed E-state index contributed by atoms with van der Waals surface area (Å²) in [6, 6.07) is 5.00. The molecular formula is C14H12F9NO. The molecule has 0 fully saturated rings. The van der Waals surface area contributed by atoms with Crippen molar-refractivity contribution in [2.75, 3.05) is 5.32 Å². The van der Waals surface area contributed by atoms with Crippen LogP contribution < -0.4 is 5.32 Å². The van der Waals surface area contributed by atoms with Crippen LogP contribution in [0.3, 0.4) is 0 Å². The van der Waals surface area contributed by atoms with Crippen molar-refractivity contribution < 1.29 is 44.3 Å². The number of anilines is 1. The van der Waals surface area contributed by atoms with Crippen LogP contribution in [0.25, 0.3) is 0 Å². The van der Waals surface area contributed by atoms with E-state index in [1.807, 2.05) is 0 Å². The molecule has 0 aromatic heterocycles. The molecule has 11 heteroatoms. The highest BCUT2D eigenvalue weighted by molar-refractivity contribution is 5.97. The van der Waals surface area contributed by atoms with Crippen molar-refractivity contribution >= 4 is 11.6 Å². The van der Waals surface area contributed by atoms with Gasteiger partial charge in [-0.2, -0.15) is 39.5 Å². The zero-order valence-electron chi connectivity index (χ0n) is 12.7. The van der Waals surface area contributed by atoms with Crippen LogP contribution in [0, 0.1) is 0 Å². The SMILES string of the molecule is CC(C)c1ccccc1NC(=O)C(F)(F)C(F)(F)C(F)(F)C(F)(F)F. The highest BCUT2D eigenvalue weighted by atomic mass is 19.4. The topological polar surface area (TPSA) is 29.1 Å². The van der Waals surface area contributed by atoms with Gasteiger partial charge in [-0.15, -0.1) is 0 Å². The van der Waals surface area contributed by atoms with E-state index in [4.69, 9.17) is 0 Å². The lowest BCUT2D eigenvalue weighted by atomic mass is 10.00. The van der Waals surface area contributed by atoms with Crippen LogP contribution in [0.2, 0.25) is 0 Å². The van der Waals surface area contributed by atoms with Crippen molar-refractivity contribution in [3.63, 3.8) is 0 Å². The van der Waals surface area contributed by atoms with Crippen molar-refractivity contribution in [2.45, 2.75) is 43.7 Å². The average Bonchev–Trinajstić information content (AvgIpc) is 2.45. The van der Waals surface area contributed by atoms with Crippen molar-refractivity contribution in [1.29, 1.82) is 0 Å². The predicted octanol–water partition coefficient (Wildman–Crippen LogP) is 5.22. The van der Waals surface area contributed by atoms with Gasteiger partial charge in [0.25, 0.3) is 0 Å². The zero-order chi connectivity index (χ0) is 19.8. The zero-order valence-corrected chi connectivity index (χ0v) is 12.7. The molecule has 1 rings (SSSR count). The Kier molecular flexibility index (Phi) is 5.41. The number of para-hydroxylation sites is 1. The van der Waals surface area contributed by atoms with Crippen LogP contribution >= 0.6 is 0 Å². The number of rotatable bonds is 5. The van der Waals surface area contributed by atoms with E-state index in [0.717, 1.165) is 6.07 Å². The number of carbonyl (C=O) groups is 1. The minimum absolute atomic E-state index is 0.192. The minimum Gasteiger partial charge on any atom is -0.320 e. The maximum atomic E-state index is 13.5. The number of amides is 1. The standard InChI is InChI=1S/C14H12F9NO/c1-7(2)8-5-3-4-6-9(8)24-10(25)11(15,16)12(17,18)13(19,20)14(21,22)23/h3-7H,1-2H3,(H,24,25). The number of nitrogens with one attached hydrogen (secondary N) is 1. The summed E-state index contributed by atoms with van der Waals surface area (Å²) in [6.07, 6.45) is -6.98. The molecule has 2 nitrogen and oxygen atoms in total. The van der Waals surface area contributed by atoms with Crippen LogP contribution in [0.15, 0.2) is 24.3 Å². The van der Waals surface area contributed by atoms with Gasteiger partial charge in [0.2, 0.25) is 0 Å². The number of hydrogen-bond donors (Lipinski definition) is 1. The van der Waals surface area contributed by atoms with Crippen LogP contribution in [-0.4, -0.2) is 29.9 Å². The van der Waals surface area contributed by atoms with Crippen molar-refractivity contribution in [3.05, 3.63) is 29.8 Å². The third-order valence-electron chi connectivity index (χ3n) is 3.26. The van der Waals surface area contributed by atoms with Crippen molar-refractivity contribution in [1.82, 2.24) is 0 Å². The highest BCUT2D eigenvalue weighted by Gasteiger charge is 2.83. The molecule has 0 aliphatic heterocycles. The first-order chi connectivity index (χ1) is 11.1. The molecule has 142 valence electrons. The number of halogens is 9. The molecule has 0 saturated carbocycles. The quantitative estimate of drug-likeness (QED) is 0.697. The molecule has 0 unspecified atom stereocenters. The van der Waals surface area contributed by atoms with E-state index in [2.05, 4.69) is 0 Å². The summed E-state index contributed by atoms with van der Waals surface area (Å²) in [7, 11) is 0. The third kappa shape index (κ3) is 3.54. The van der Waals surface area contributed by atoms with E-state index >= 15 is 0 Å². The largest absolute Gasteiger partial charge is 0.460 e. The van der Waals surface area contributed by atoms with Crippen LogP contribution in [0.1, 0.15) is 25.3 Å². The number of alkyl halides is 9. The van der Waals surface area contributed by atoms with E-state index in [9.17, 15) is 44.3 Å². The lowest BCUT2D eigenvalue weighted by Crippen LogP contribution is -2.64. The molecule has 0 bridgehead atoms. The molecular weight excluding hydrogens is 369 g/mol. The second kappa shape index (κ2) is 6.41. The van der Waals surface area contributed by atoms with E-state index in [0.29, 0.717) is 0 Å². The Morgan fingerprint density at radius 1 is 0.880 bits per heavy atom. The Balaban J connectivity index is 3.24. The van der Waals surface area contributed by atoms with Gasteiger partial charge in [0.15, 0.2) is 0 Å². The summed E-state index contributed by atoms with van der Waals surface area (Å²) in [5.41, 5.74) is -0.217. The fourth-order valence-corrected chi connectivity index (χ4v) is 1.83. The van der Waals surface area contributed by atoms with Crippen molar-refractivity contribution in [3.8, 4) is 0 Å². The number of hydrogen-bond acceptors (Lipinski definition) is 1. The van der Waals surface area contributed by atoms with E-state index in [1.165, 1.54) is 23.5 Å². The highest BCUT2D eigenvalue weighted by Crippen LogP contribution is 2.53. The summed E-state index contributed by atoms with van der Waals surface area (Å²) in [5, 5.41) is 1.29. The predicted molar refractivity (Wildman–Crippen MR) is 70.1 cm³/mol. The fourth-order valence-electron chi connectivity index (χ4n) is 1.83. The van der Waals surface area contributed by atoms with E-state index in [-0.39, 0.29) is 11.5 Å². The second-order valence-corrected chi connectivity index (χ2v) is 5.42. The number of carbonyl (C=O) groups excluding carboxylic acids is 1. The van der Waals surface area contributed by atoms with Gasteiger partial charge >= 0.3 is 29.9 Å². The molecule has 1 aromatic rings. The van der Waals surface area contributed by atoms with Gasteiger partial charge in [0.05, 0.1) is 0 Å². The first-order valence-electron chi connectivity index (χ1n) is 6.68. The summed E-state index contributed by atoms with van der Waals surface area (Å²) >= 11 is 0. The Morgan fingerprint density at radius 3 is 1.80 bits per heavy atom. The first-order valence-corrected chi connectivity index (χ1v) is 6.68. The molecule has 0 saturated heterocycles.